The van der Waals surface area contributed by atoms with Crippen LogP contribution in [0.3, 0.4) is 0 Å². The molecule has 1 N–H and O–H groups in total. The van der Waals surface area contributed by atoms with Crippen molar-refractivity contribution in [1.82, 2.24) is 19.8 Å². The summed E-state index contributed by atoms with van der Waals surface area (Å²) in [5.41, 5.74) is 2.87. The van der Waals surface area contributed by atoms with Crippen molar-refractivity contribution < 1.29 is 9.18 Å². The Kier molecular flexibility index (Phi) is 3.96. The van der Waals surface area contributed by atoms with Crippen molar-refractivity contribution in [2.75, 3.05) is 5.32 Å². The second kappa shape index (κ2) is 6.30. The van der Waals surface area contributed by atoms with Crippen LogP contribution < -0.4 is 5.32 Å². The summed E-state index contributed by atoms with van der Waals surface area (Å²) in [4.78, 5) is 13.1. The van der Waals surface area contributed by atoms with Crippen molar-refractivity contribution in [2.45, 2.75) is 13.8 Å². The van der Waals surface area contributed by atoms with Gasteiger partial charge in [-0.3, -0.25) is 4.79 Å². The number of rotatable bonds is 3. The van der Waals surface area contributed by atoms with Crippen molar-refractivity contribution in [3.63, 3.8) is 0 Å². The number of hydrogen-bond acceptors (Lipinski definition) is 5. The van der Waals surface area contributed by atoms with E-state index < -0.39 is 0 Å². The highest BCUT2D eigenvalue weighted by atomic mass is 32.1. The SMILES string of the molecule is Cc1ccc(-c2nn3c(C)nnc3s2)cc1NC(=O)c1ccc(F)cc1. The van der Waals surface area contributed by atoms with Gasteiger partial charge in [0.2, 0.25) is 4.96 Å². The van der Waals surface area contributed by atoms with Crippen LogP contribution in [-0.2, 0) is 0 Å². The van der Waals surface area contributed by atoms with Crippen LogP contribution in [0.15, 0.2) is 42.5 Å². The second-order valence-corrected chi connectivity index (χ2v) is 6.80. The van der Waals surface area contributed by atoms with E-state index in [4.69, 9.17) is 0 Å². The lowest BCUT2D eigenvalue weighted by Crippen LogP contribution is -2.12. The second-order valence-electron chi connectivity index (χ2n) is 5.84. The molecule has 2 heterocycles. The average Bonchev–Trinajstić information content (AvgIpc) is 3.20. The van der Waals surface area contributed by atoms with E-state index in [0.29, 0.717) is 11.3 Å². The summed E-state index contributed by atoms with van der Waals surface area (Å²) >= 11 is 1.43. The summed E-state index contributed by atoms with van der Waals surface area (Å²) in [5.74, 6) is 0.0528. The zero-order chi connectivity index (χ0) is 18.3. The van der Waals surface area contributed by atoms with Crippen LogP contribution in [0.5, 0.6) is 0 Å². The first-order chi connectivity index (χ1) is 12.5. The molecule has 0 bridgehead atoms. The van der Waals surface area contributed by atoms with Gasteiger partial charge in [0.1, 0.15) is 10.8 Å². The number of carbonyl (C=O) groups excluding carboxylic acids is 1. The van der Waals surface area contributed by atoms with Gasteiger partial charge in [0.05, 0.1) is 0 Å². The van der Waals surface area contributed by atoms with Crippen molar-refractivity contribution in [2.24, 2.45) is 0 Å². The lowest BCUT2D eigenvalue weighted by molar-refractivity contribution is 0.102. The maximum Gasteiger partial charge on any atom is 0.255 e. The Hall–Kier alpha value is -3.13. The van der Waals surface area contributed by atoms with Gasteiger partial charge >= 0.3 is 0 Å². The molecule has 2 aromatic heterocycles. The lowest BCUT2D eigenvalue weighted by Gasteiger charge is -2.10. The van der Waals surface area contributed by atoms with Crippen LogP contribution in [0.1, 0.15) is 21.7 Å². The molecule has 130 valence electrons. The zero-order valence-corrected chi connectivity index (χ0v) is 14.8. The molecule has 0 aliphatic carbocycles. The van der Waals surface area contributed by atoms with E-state index in [9.17, 15) is 9.18 Å². The first-order valence-electron chi connectivity index (χ1n) is 7.88. The molecule has 0 saturated heterocycles. The Labute approximate surface area is 152 Å². The fourth-order valence-corrected chi connectivity index (χ4v) is 3.40. The minimum absolute atomic E-state index is 0.292. The number of carbonyl (C=O) groups is 1. The molecule has 1 amide bonds. The number of nitrogens with one attached hydrogen (secondary N) is 1. The Balaban J connectivity index is 1.65. The number of aromatic nitrogens is 4. The lowest BCUT2D eigenvalue weighted by atomic mass is 10.1. The smallest absolute Gasteiger partial charge is 0.255 e. The van der Waals surface area contributed by atoms with Gasteiger partial charge < -0.3 is 5.32 Å². The molecule has 0 aliphatic rings. The van der Waals surface area contributed by atoms with Gasteiger partial charge in [-0.05, 0) is 49.7 Å². The molecule has 0 saturated carbocycles. The maximum absolute atomic E-state index is 13.0. The number of nitrogens with zero attached hydrogens (tertiary/aromatic N) is 4. The number of anilines is 1. The Morgan fingerprint density at radius 3 is 2.62 bits per heavy atom. The van der Waals surface area contributed by atoms with Gasteiger partial charge in [0.25, 0.3) is 5.91 Å². The van der Waals surface area contributed by atoms with Gasteiger partial charge in [-0.2, -0.15) is 9.61 Å². The number of benzene rings is 2. The predicted octanol–water partition coefficient (Wildman–Crippen LogP) is 3.86. The molecule has 0 aliphatic heterocycles. The predicted molar refractivity (Wildman–Crippen MR) is 97.9 cm³/mol. The molecule has 4 aromatic rings. The quantitative estimate of drug-likeness (QED) is 0.597. The van der Waals surface area contributed by atoms with E-state index in [2.05, 4.69) is 20.6 Å². The molecule has 0 atom stereocenters. The van der Waals surface area contributed by atoms with Crippen LogP contribution >= 0.6 is 11.3 Å². The van der Waals surface area contributed by atoms with E-state index >= 15 is 0 Å². The summed E-state index contributed by atoms with van der Waals surface area (Å²) in [5, 5.41) is 16.2. The first kappa shape index (κ1) is 16.3. The van der Waals surface area contributed by atoms with Crippen molar-refractivity contribution >= 4 is 27.9 Å². The van der Waals surface area contributed by atoms with Crippen LogP contribution in [-0.4, -0.2) is 25.7 Å². The minimum atomic E-state index is -0.377. The fourth-order valence-electron chi connectivity index (χ4n) is 2.52. The van der Waals surface area contributed by atoms with Gasteiger partial charge in [-0.1, -0.05) is 23.5 Å². The Bertz CT molecular complexity index is 1120. The van der Waals surface area contributed by atoms with E-state index in [0.717, 1.165) is 26.9 Å². The van der Waals surface area contributed by atoms with Crippen LogP contribution in [0.25, 0.3) is 15.5 Å². The van der Waals surface area contributed by atoms with Crippen molar-refractivity contribution in [3.8, 4) is 10.6 Å². The standard InChI is InChI=1S/C18H14FN5OS/c1-10-3-4-13(17-23-24-11(2)21-22-18(24)26-17)9-15(10)20-16(25)12-5-7-14(19)8-6-12/h3-9H,1-2H3,(H,20,25). The van der Waals surface area contributed by atoms with E-state index in [1.54, 1.807) is 4.52 Å². The first-order valence-corrected chi connectivity index (χ1v) is 8.70. The zero-order valence-electron chi connectivity index (χ0n) is 14.0. The maximum atomic E-state index is 13.0. The third-order valence-electron chi connectivity index (χ3n) is 3.99. The molecule has 2 aromatic carbocycles. The molecule has 0 fully saturated rings. The Morgan fingerprint density at radius 2 is 1.88 bits per heavy atom. The van der Waals surface area contributed by atoms with Crippen molar-refractivity contribution in [3.05, 3.63) is 65.2 Å². The fraction of sp³-hybridized carbons (Fsp3) is 0.111. The van der Waals surface area contributed by atoms with E-state index in [-0.39, 0.29) is 11.7 Å². The summed E-state index contributed by atoms with van der Waals surface area (Å²) in [7, 11) is 0. The number of fused-ring (bicyclic) bond motifs is 1. The molecule has 26 heavy (non-hydrogen) atoms. The minimum Gasteiger partial charge on any atom is -0.322 e. The highest BCUT2D eigenvalue weighted by Gasteiger charge is 2.13. The number of hydrogen-bond donors (Lipinski definition) is 1. The van der Waals surface area contributed by atoms with Gasteiger partial charge in [-0.15, -0.1) is 10.2 Å². The number of aryl methyl sites for hydroxylation is 2. The van der Waals surface area contributed by atoms with Gasteiger partial charge in [-0.25, -0.2) is 4.39 Å². The monoisotopic (exact) mass is 367 g/mol. The molecular weight excluding hydrogens is 353 g/mol. The topological polar surface area (TPSA) is 72.2 Å². The molecule has 4 rings (SSSR count). The molecular formula is C18H14FN5OS. The molecule has 0 radical (unpaired) electrons. The molecule has 6 nitrogen and oxygen atoms in total. The Morgan fingerprint density at radius 1 is 1.12 bits per heavy atom. The number of halogens is 1. The molecule has 0 unspecified atom stereocenters. The normalized spacial score (nSPS) is 11.0. The van der Waals surface area contributed by atoms with E-state index in [1.165, 1.54) is 35.6 Å². The largest absolute Gasteiger partial charge is 0.322 e. The van der Waals surface area contributed by atoms with Crippen LogP contribution in [0.4, 0.5) is 10.1 Å². The summed E-state index contributed by atoms with van der Waals surface area (Å²) < 4.78 is 14.7. The summed E-state index contributed by atoms with van der Waals surface area (Å²) in [6, 6.07) is 11.2. The third kappa shape index (κ3) is 2.95. The number of amides is 1. The van der Waals surface area contributed by atoms with E-state index in [1.807, 2.05) is 32.0 Å². The summed E-state index contributed by atoms with van der Waals surface area (Å²) in [6.07, 6.45) is 0. The summed E-state index contributed by atoms with van der Waals surface area (Å²) in [6.45, 7) is 3.75. The average molecular weight is 367 g/mol. The van der Waals surface area contributed by atoms with Crippen LogP contribution in [0.2, 0.25) is 0 Å². The molecule has 0 spiro atoms. The van der Waals surface area contributed by atoms with Crippen LogP contribution in [0, 0.1) is 19.7 Å². The molecule has 8 heteroatoms. The van der Waals surface area contributed by atoms with Gasteiger partial charge in [0.15, 0.2) is 5.82 Å². The van der Waals surface area contributed by atoms with Crippen molar-refractivity contribution in [1.29, 1.82) is 0 Å². The highest BCUT2D eigenvalue weighted by Crippen LogP contribution is 2.29. The highest BCUT2D eigenvalue weighted by molar-refractivity contribution is 7.19. The third-order valence-corrected chi connectivity index (χ3v) is 4.93. The van der Waals surface area contributed by atoms with Gasteiger partial charge in [0, 0.05) is 16.8 Å².